The topological polar surface area (TPSA) is 47.9 Å². The van der Waals surface area contributed by atoms with Gasteiger partial charge in [0.05, 0.1) is 26.4 Å². The zero-order valence-corrected chi connectivity index (χ0v) is 12.0. The highest BCUT2D eigenvalue weighted by atomic mass is 16.5. The van der Waals surface area contributed by atoms with Gasteiger partial charge in [0.15, 0.2) is 0 Å². The molecule has 0 saturated carbocycles. The number of benzene rings is 1. The lowest BCUT2D eigenvalue weighted by Crippen LogP contribution is -2.06. The molecule has 4 nitrogen and oxygen atoms in total. The smallest absolute Gasteiger partial charge is 0.0701 e. The first-order valence-electron chi connectivity index (χ1n) is 5.87. The summed E-state index contributed by atoms with van der Waals surface area (Å²) in [5.41, 5.74) is 0.938. The average Bonchev–Trinajstić information content (AvgIpc) is 2.51. The van der Waals surface area contributed by atoms with E-state index in [9.17, 15) is 0 Å². The normalized spacial score (nSPS) is 8.37. The zero-order chi connectivity index (χ0) is 14.8. The molecule has 0 fully saturated rings. The van der Waals surface area contributed by atoms with Gasteiger partial charge in [0.25, 0.3) is 0 Å². The van der Waals surface area contributed by atoms with Gasteiger partial charge in [0.1, 0.15) is 0 Å². The predicted molar refractivity (Wildman–Crippen MR) is 77.1 cm³/mol. The summed E-state index contributed by atoms with van der Waals surface area (Å²) in [6.45, 7) is 2.62. The number of terminal acetylenes is 1. The third kappa shape index (κ3) is 16.6. The summed E-state index contributed by atoms with van der Waals surface area (Å²) >= 11 is 0. The standard InChI is InChI=1S/C8H6.C6H14O3.CH4O/c1-2-8-6-4-3-5-7-8;1-7-3-5-9-6-4-8-2;1-2/h1,3-7H;3-6H2,1-2H3;2H,1H3. The van der Waals surface area contributed by atoms with Gasteiger partial charge in [-0.1, -0.05) is 24.1 Å². The molecular weight excluding hydrogens is 244 g/mol. The summed E-state index contributed by atoms with van der Waals surface area (Å²) in [5, 5.41) is 7.00. The molecule has 0 aliphatic carbocycles. The van der Waals surface area contributed by atoms with E-state index >= 15 is 0 Å². The van der Waals surface area contributed by atoms with E-state index in [2.05, 4.69) is 5.92 Å². The minimum Gasteiger partial charge on any atom is -0.400 e. The maximum absolute atomic E-state index is 7.00. The van der Waals surface area contributed by atoms with Crippen molar-refractivity contribution in [3.8, 4) is 12.3 Å². The fraction of sp³-hybridized carbons (Fsp3) is 0.467. The summed E-state index contributed by atoms with van der Waals surface area (Å²) < 4.78 is 14.6. The molecule has 19 heavy (non-hydrogen) atoms. The molecule has 108 valence electrons. The maximum atomic E-state index is 7.00. The van der Waals surface area contributed by atoms with Crippen LogP contribution in [-0.2, 0) is 14.2 Å². The minimum atomic E-state index is 0.653. The summed E-state index contributed by atoms with van der Waals surface area (Å²) in [6, 6.07) is 9.60. The van der Waals surface area contributed by atoms with E-state index in [0.717, 1.165) is 12.7 Å². The van der Waals surface area contributed by atoms with Crippen molar-refractivity contribution >= 4 is 0 Å². The molecule has 0 aliphatic heterocycles. The molecule has 0 aromatic heterocycles. The van der Waals surface area contributed by atoms with Crippen LogP contribution in [0.3, 0.4) is 0 Å². The Morgan fingerprint density at radius 1 is 0.947 bits per heavy atom. The van der Waals surface area contributed by atoms with Crippen LogP contribution in [0.1, 0.15) is 5.56 Å². The first-order chi connectivity index (χ1) is 9.35. The largest absolute Gasteiger partial charge is 0.400 e. The molecule has 0 radical (unpaired) electrons. The van der Waals surface area contributed by atoms with Crippen LogP contribution >= 0.6 is 0 Å². The van der Waals surface area contributed by atoms with Crippen LogP contribution in [0.5, 0.6) is 0 Å². The second kappa shape index (κ2) is 19.0. The number of rotatable bonds is 6. The van der Waals surface area contributed by atoms with Crippen LogP contribution in [0.15, 0.2) is 30.3 Å². The fourth-order valence-corrected chi connectivity index (χ4v) is 0.921. The number of aliphatic hydroxyl groups excluding tert-OH is 1. The third-order valence-electron chi connectivity index (χ3n) is 1.80. The Hall–Kier alpha value is -1.38. The monoisotopic (exact) mass is 268 g/mol. The molecular formula is C15H24O4. The van der Waals surface area contributed by atoms with Crippen LogP contribution in [0.4, 0.5) is 0 Å². The van der Waals surface area contributed by atoms with Crippen molar-refractivity contribution < 1.29 is 19.3 Å². The van der Waals surface area contributed by atoms with E-state index in [1.54, 1.807) is 14.2 Å². The molecule has 0 spiro atoms. The van der Waals surface area contributed by atoms with Crippen molar-refractivity contribution in [2.24, 2.45) is 0 Å². The Morgan fingerprint density at radius 3 is 1.74 bits per heavy atom. The Balaban J connectivity index is 0. The molecule has 0 atom stereocenters. The molecule has 4 heteroatoms. The van der Waals surface area contributed by atoms with Gasteiger partial charge in [0, 0.05) is 26.9 Å². The SMILES string of the molecule is C#Cc1ccccc1.CO.COCCOCCOC. The van der Waals surface area contributed by atoms with Gasteiger partial charge in [-0.3, -0.25) is 0 Å². The van der Waals surface area contributed by atoms with Crippen molar-refractivity contribution in [3.63, 3.8) is 0 Å². The van der Waals surface area contributed by atoms with Gasteiger partial charge in [-0.05, 0) is 12.1 Å². The Labute approximate surface area is 116 Å². The molecule has 1 aromatic carbocycles. The number of hydrogen-bond acceptors (Lipinski definition) is 4. The lowest BCUT2D eigenvalue weighted by molar-refractivity contribution is 0.0385. The van der Waals surface area contributed by atoms with E-state index in [0.29, 0.717) is 26.4 Å². The molecule has 0 saturated heterocycles. The van der Waals surface area contributed by atoms with E-state index in [-0.39, 0.29) is 0 Å². The average molecular weight is 268 g/mol. The van der Waals surface area contributed by atoms with Crippen LogP contribution in [-0.4, -0.2) is 52.9 Å². The van der Waals surface area contributed by atoms with Crippen molar-refractivity contribution in [1.29, 1.82) is 0 Å². The van der Waals surface area contributed by atoms with Gasteiger partial charge >= 0.3 is 0 Å². The number of aliphatic hydroxyl groups is 1. The molecule has 0 amide bonds. The Kier molecular flexibility index (Phi) is 19.9. The van der Waals surface area contributed by atoms with Crippen molar-refractivity contribution in [3.05, 3.63) is 35.9 Å². The summed E-state index contributed by atoms with van der Waals surface area (Å²) in [7, 11) is 4.30. The van der Waals surface area contributed by atoms with E-state index < -0.39 is 0 Å². The number of ether oxygens (including phenoxy) is 3. The molecule has 0 heterocycles. The minimum absolute atomic E-state index is 0.653. The lowest BCUT2D eigenvalue weighted by atomic mass is 10.2. The van der Waals surface area contributed by atoms with Crippen molar-refractivity contribution in [1.82, 2.24) is 0 Å². The number of methoxy groups -OCH3 is 2. The molecule has 1 rings (SSSR count). The second-order valence-corrected chi connectivity index (χ2v) is 3.11. The predicted octanol–water partition coefficient (Wildman–Crippen LogP) is 1.57. The molecule has 0 aliphatic rings. The highest BCUT2D eigenvalue weighted by Crippen LogP contribution is 1.93. The molecule has 0 unspecified atom stereocenters. The maximum Gasteiger partial charge on any atom is 0.0701 e. The van der Waals surface area contributed by atoms with Crippen LogP contribution in [0.2, 0.25) is 0 Å². The van der Waals surface area contributed by atoms with E-state index in [4.69, 9.17) is 25.7 Å². The lowest BCUT2D eigenvalue weighted by Gasteiger charge is -2.00. The van der Waals surface area contributed by atoms with Gasteiger partial charge in [0.2, 0.25) is 0 Å². The second-order valence-electron chi connectivity index (χ2n) is 3.11. The third-order valence-corrected chi connectivity index (χ3v) is 1.80. The highest BCUT2D eigenvalue weighted by Gasteiger charge is 1.84. The van der Waals surface area contributed by atoms with Gasteiger partial charge < -0.3 is 19.3 Å². The fourth-order valence-electron chi connectivity index (χ4n) is 0.921. The van der Waals surface area contributed by atoms with Crippen molar-refractivity contribution in [2.45, 2.75) is 0 Å². The molecule has 0 bridgehead atoms. The van der Waals surface area contributed by atoms with Crippen molar-refractivity contribution in [2.75, 3.05) is 47.8 Å². The van der Waals surface area contributed by atoms with Gasteiger partial charge in [-0.2, -0.15) is 0 Å². The number of hydrogen-bond donors (Lipinski definition) is 1. The van der Waals surface area contributed by atoms with Crippen LogP contribution < -0.4 is 0 Å². The Bertz CT molecular complexity index is 287. The first-order valence-corrected chi connectivity index (χ1v) is 5.87. The van der Waals surface area contributed by atoms with Gasteiger partial charge in [-0.25, -0.2) is 0 Å². The zero-order valence-electron chi connectivity index (χ0n) is 12.0. The van der Waals surface area contributed by atoms with Crippen LogP contribution in [0.25, 0.3) is 0 Å². The summed E-state index contributed by atoms with van der Waals surface area (Å²) in [6.07, 6.45) is 5.10. The van der Waals surface area contributed by atoms with Gasteiger partial charge in [-0.15, -0.1) is 6.42 Å². The first kappa shape index (κ1) is 19.9. The Morgan fingerprint density at radius 2 is 1.42 bits per heavy atom. The molecule has 1 aromatic rings. The molecule has 1 N–H and O–H groups in total. The van der Waals surface area contributed by atoms with E-state index in [1.807, 2.05) is 30.3 Å². The quantitative estimate of drug-likeness (QED) is 0.628. The summed E-state index contributed by atoms with van der Waals surface area (Å²) in [4.78, 5) is 0. The summed E-state index contributed by atoms with van der Waals surface area (Å²) in [5.74, 6) is 2.53. The highest BCUT2D eigenvalue weighted by molar-refractivity contribution is 5.30. The van der Waals surface area contributed by atoms with E-state index in [1.165, 1.54) is 0 Å². The van der Waals surface area contributed by atoms with Crippen LogP contribution in [0, 0.1) is 12.3 Å².